The topological polar surface area (TPSA) is 42.2 Å². The molecular formula is C19H20ClF3N4. The van der Waals surface area contributed by atoms with Crippen LogP contribution in [0.5, 0.6) is 0 Å². The highest BCUT2D eigenvalue weighted by Crippen LogP contribution is 2.41. The van der Waals surface area contributed by atoms with Gasteiger partial charge in [-0.2, -0.15) is 22.8 Å². The first-order chi connectivity index (χ1) is 12.7. The minimum absolute atomic E-state index is 0.108. The van der Waals surface area contributed by atoms with Crippen LogP contribution in [0.25, 0.3) is 16.8 Å². The minimum Gasteiger partial charge on any atom is -0.370 e. The average molecular weight is 397 g/mol. The summed E-state index contributed by atoms with van der Waals surface area (Å²) >= 11 is 6.19. The second kappa shape index (κ2) is 7.38. The summed E-state index contributed by atoms with van der Waals surface area (Å²) in [6, 6.07) is 8.10. The van der Waals surface area contributed by atoms with Crippen LogP contribution in [0.1, 0.15) is 31.7 Å². The van der Waals surface area contributed by atoms with E-state index in [0.717, 1.165) is 6.42 Å². The van der Waals surface area contributed by atoms with E-state index < -0.39 is 11.9 Å². The summed E-state index contributed by atoms with van der Waals surface area (Å²) in [6.07, 6.45) is -3.75. The molecule has 8 heteroatoms. The molecular weight excluding hydrogens is 377 g/mol. The van der Waals surface area contributed by atoms with Crippen LogP contribution in [0.3, 0.4) is 0 Å². The third-order valence-corrected chi connectivity index (χ3v) is 4.49. The Balaban J connectivity index is 2.24. The van der Waals surface area contributed by atoms with Crippen molar-refractivity contribution < 1.29 is 13.2 Å². The average Bonchev–Trinajstić information content (AvgIpc) is 2.94. The predicted octanol–water partition coefficient (Wildman–Crippen LogP) is 5.83. The molecule has 3 rings (SSSR count). The Kier molecular flexibility index (Phi) is 5.33. The first-order valence-electron chi connectivity index (χ1n) is 8.65. The van der Waals surface area contributed by atoms with Crippen molar-refractivity contribution in [3.8, 4) is 11.1 Å². The maximum Gasteiger partial charge on any atom is 0.435 e. The van der Waals surface area contributed by atoms with Crippen molar-refractivity contribution in [1.82, 2.24) is 14.6 Å². The van der Waals surface area contributed by atoms with E-state index >= 15 is 0 Å². The number of nitrogens with zero attached hydrogens (tertiary/aromatic N) is 3. The van der Waals surface area contributed by atoms with Crippen LogP contribution in [0.2, 0.25) is 5.02 Å². The molecule has 0 bridgehead atoms. The predicted molar refractivity (Wildman–Crippen MR) is 101 cm³/mol. The van der Waals surface area contributed by atoms with E-state index in [2.05, 4.69) is 29.2 Å². The van der Waals surface area contributed by atoms with Gasteiger partial charge in [-0.05, 0) is 25.3 Å². The molecule has 4 nitrogen and oxygen atoms in total. The van der Waals surface area contributed by atoms with Gasteiger partial charge in [0.25, 0.3) is 0 Å². The summed E-state index contributed by atoms with van der Waals surface area (Å²) in [6.45, 7) is 6.53. The van der Waals surface area contributed by atoms with Gasteiger partial charge in [-0.25, -0.2) is 4.98 Å². The number of aromatic nitrogens is 3. The van der Waals surface area contributed by atoms with Gasteiger partial charge >= 0.3 is 6.18 Å². The number of halogens is 4. The number of hydrogen-bond acceptors (Lipinski definition) is 3. The lowest BCUT2D eigenvalue weighted by Crippen LogP contribution is -2.11. The van der Waals surface area contributed by atoms with Gasteiger partial charge < -0.3 is 5.32 Å². The fourth-order valence-electron chi connectivity index (χ4n) is 2.86. The molecule has 27 heavy (non-hydrogen) atoms. The molecule has 0 aliphatic heterocycles. The molecule has 0 aliphatic rings. The molecule has 2 aromatic heterocycles. The summed E-state index contributed by atoms with van der Waals surface area (Å²) in [5.74, 6) is 0.944. The van der Waals surface area contributed by atoms with Crippen LogP contribution in [0.4, 0.5) is 19.0 Å². The first-order valence-corrected chi connectivity index (χ1v) is 9.02. The first kappa shape index (κ1) is 19.5. The van der Waals surface area contributed by atoms with Crippen molar-refractivity contribution in [3.63, 3.8) is 0 Å². The zero-order valence-electron chi connectivity index (χ0n) is 15.2. The summed E-state index contributed by atoms with van der Waals surface area (Å²) in [5.41, 5.74) is -0.129. The highest BCUT2D eigenvalue weighted by atomic mass is 35.5. The molecule has 144 valence electrons. The Bertz CT molecular complexity index is 963. The van der Waals surface area contributed by atoms with E-state index in [0.29, 0.717) is 24.0 Å². The van der Waals surface area contributed by atoms with Crippen molar-refractivity contribution in [3.05, 3.63) is 46.7 Å². The molecule has 0 spiro atoms. The monoisotopic (exact) mass is 396 g/mol. The van der Waals surface area contributed by atoms with Crippen molar-refractivity contribution >= 4 is 23.1 Å². The number of aryl methyl sites for hydroxylation is 1. The summed E-state index contributed by atoms with van der Waals surface area (Å²) in [5, 5.41) is 7.24. The van der Waals surface area contributed by atoms with Gasteiger partial charge in [0, 0.05) is 28.9 Å². The van der Waals surface area contributed by atoms with Crippen LogP contribution in [0, 0.1) is 12.8 Å². The van der Waals surface area contributed by atoms with Crippen molar-refractivity contribution in [2.75, 3.05) is 11.9 Å². The van der Waals surface area contributed by atoms with E-state index in [4.69, 9.17) is 11.6 Å². The molecule has 1 aromatic carbocycles. The van der Waals surface area contributed by atoms with Crippen LogP contribution < -0.4 is 5.32 Å². The van der Waals surface area contributed by atoms with Crippen LogP contribution in [0.15, 0.2) is 30.3 Å². The lowest BCUT2D eigenvalue weighted by atomic mass is 10.1. The summed E-state index contributed by atoms with van der Waals surface area (Å²) in [4.78, 5) is 4.33. The van der Waals surface area contributed by atoms with Crippen LogP contribution >= 0.6 is 11.6 Å². The second-order valence-corrected chi connectivity index (χ2v) is 7.24. The van der Waals surface area contributed by atoms with Gasteiger partial charge in [-0.3, -0.25) is 0 Å². The van der Waals surface area contributed by atoms with Crippen molar-refractivity contribution in [2.45, 2.75) is 33.4 Å². The zero-order valence-corrected chi connectivity index (χ0v) is 16.0. The number of rotatable bonds is 5. The zero-order chi connectivity index (χ0) is 19.8. The fraction of sp³-hybridized carbons (Fsp3) is 0.368. The molecule has 0 amide bonds. The number of fused-ring (bicyclic) bond motifs is 1. The number of nitrogens with one attached hydrogen (secondary N) is 1. The van der Waals surface area contributed by atoms with E-state index in [1.165, 1.54) is 4.52 Å². The second-order valence-electron chi connectivity index (χ2n) is 6.83. The van der Waals surface area contributed by atoms with Crippen LogP contribution in [-0.2, 0) is 6.18 Å². The number of alkyl halides is 3. The van der Waals surface area contributed by atoms with Gasteiger partial charge in [0.2, 0.25) is 0 Å². The quantitative estimate of drug-likeness (QED) is 0.589. The van der Waals surface area contributed by atoms with Crippen molar-refractivity contribution in [1.29, 1.82) is 0 Å². The normalized spacial score (nSPS) is 12.1. The van der Waals surface area contributed by atoms with E-state index in [-0.39, 0.29) is 21.8 Å². The molecule has 2 heterocycles. The Morgan fingerprint density at radius 2 is 1.93 bits per heavy atom. The fourth-order valence-corrected chi connectivity index (χ4v) is 3.09. The summed E-state index contributed by atoms with van der Waals surface area (Å²) in [7, 11) is 0. The largest absolute Gasteiger partial charge is 0.435 e. The smallest absolute Gasteiger partial charge is 0.370 e. The van der Waals surface area contributed by atoms with Gasteiger partial charge in [0.05, 0.1) is 5.56 Å². The lowest BCUT2D eigenvalue weighted by molar-refractivity contribution is -0.140. The maximum atomic E-state index is 13.7. The summed E-state index contributed by atoms with van der Waals surface area (Å²) < 4.78 is 42.4. The molecule has 3 aromatic rings. The number of hydrogen-bond donors (Lipinski definition) is 1. The lowest BCUT2D eigenvalue weighted by Gasteiger charge is -2.11. The Morgan fingerprint density at radius 3 is 2.56 bits per heavy atom. The molecule has 0 saturated carbocycles. The molecule has 0 fully saturated rings. The molecule has 0 radical (unpaired) electrons. The molecule has 0 aliphatic carbocycles. The highest BCUT2D eigenvalue weighted by Gasteiger charge is 2.39. The van der Waals surface area contributed by atoms with Gasteiger partial charge in [0.1, 0.15) is 5.82 Å². The van der Waals surface area contributed by atoms with E-state index in [9.17, 15) is 13.2 Å². The maximum absolute atomic E-state index is 13.7. The molecule has 0 saturated heterocycles. The highest BCUT2D eigenvalue weighted by molar-refractivity contribution is 6.33. The molecule has 1 N–H and O–H groups in total. The standard InChI is InChI=1S/C19H20ClF3N4/c1-11(2)8-9-24-15-10-12(3)25-18-16(13-6-4-5-7-14(13)20)17(19(21,22)23)26-27(15)18/h4-7,10-11,24H,8-9H2,1-3H3. The van der Waals surface area contributed by atoms with Gasteiger partial charge in [-0.15, -0.1) is 0 Å². The third-order valence-electron chi connectivity index (χ3n) is 4.16. The number of anilines is 1. The van der Waals surface area contributed by atoms with E-state index in [1.54, 1.807) is 37.3 Å². The third kappa shape index (κ3) is 4.03. The van der Waals surface area contributed by atoms with Gasteiger partial charge in [0.15, 0.2) is 11.3 Å². The number of benzene rings is 1. The minimum atomic E-state index is -4.63. The van der Waals surface area contributed by atoms with Crippen molar-refractivity contribution in [2.24, 2.45) is 5.92 Å². The van der Waals surface area contributed by atoms with Gasteiger partial charge in [-0.1, -0.05) is 43.6 Å². The van der Waals surface area contributed by atoms with E-state index in [1.807, 2.05) is 0 Å². The Morgan fingerprint density at radius 1 is 1.22 bits per heavy atom. The molecule has 0 atom stereocenters. The SMILES string of the molecule is Cc1cc(NCCC(C)C)n2nc(C(F)(F)F)c(-c3ccccc3Cl)c2n1. The van der Waals surface area contributed by atoms with Crippen LogP contribution in [-0.4, -0.2) is 21.1 Å². The Hall–Kier alpha value is -2.28. The Labute approximate surface area is 160 Å². The molecule has 0 unspecified atom stereocenters.